The van der Waals surface area contributed by atoms with Gasteiger partial charge >= 0.3 is 0 Å². The molecule has 0 aliphatic carbocycles. The van der Waals surface area contributed by atoms with Crippen LogP contribution in [0.25, 0.3) is 0 Å². The molecule has 1 amide bonds. The van der Waals surface area contributed by atoms with E-state index in [-0.39, 0.29) is 11.9 Å². The van der Waals surface area contributed by atoms with E-state index in [2.05, 4.69) is 11.2 Å². The van der Waals surface area contributed by atoms with Crippen molar-refractivity contribution < 1.29 is 4.79 Å². The van der Waals surface area contributed by atoms with Crippen LogP contribution in [-0.2, 0) is 4.79 Å². The first-order valence-electron chi connectivity index (χ1n) is 6.29. The van der Waals surface area contributed by atoms with Crippen molar-refractivity contribution in [1.29, 1.82) is 5.26 Å². The van der Waals surface area contributed by atoms with Gasteiger partial charge in [-0.2, -0.15) is 10.4 Å². The lowest BCUT2D eigenvalue weighted by Crippen LogP contribution is -2.36. The van der Waals surface area contributed by atoms with Gasteiger partial charge in [-0.1, -0.05) is 32.9 Å². The van der Waals surface area contributed by atoms with Gasteiger partial charge in [0.15, 0.2) is 0 Å². The molecule has 1 unspecified atom stereocenters. The number of hydrogen-bond acceptors (Lipinski definition) is 3. The molecule has 0 aromatic heterocycles. The smallest absolute Gasteiger partial charge is 0.248 e. The van der Waals surface area contributed by atoms with Crippen LogP contribution in [0.3, 0.4) is 0 Å². The maximum absolute atomic E-state index is 12.3. The standard InChI is InChI=1S/C15H17N3O/c1-15(2,3)14(19)18-13(8-9-17-18)12-6-4-11(10-16)5-7-12/h4-7,9,13H,8H2,1-3H3. The van der Waals surface area contributed by atoms with Crippen LogP contribution in [0.5, 0.6) is 0 Å². The highest BCUT2D eigenvalue weighted by molar-refractivity contribution is 5.84. The maximum atomic E-state index is 12.3. The second-order valence-corrected chi connectivity index (χ2v) is 5.68. The zero-order valence-corrected chi connectivity index (χ0v) is 11.4. The van der Waals surface area contributed by atoms with Gasteiger partial charge in [0.05, 0.1) is 17.7 Å². The van der Waals surface area contributed by atoms with E-state index < -0.39 is 5.41 Å². The molecule has 0 saturated heterocycles. The number of hydrazone groups is 1. The van der Waals surface area contributed by atoms with Gasteiger partial charge < -0.3 is 0 Å². The topological polar surface area (TPSA) is 56.5 Å². The van der Waals surface area contributed by atoms with Gasteiger partial charge in [-0.3, -0.25) is 4.79 Å². The Hall–Kier alpha value is -2.15. The number of hydrogen-bond donors (Lipinski definition) is 0. The fourth-order valence-corrected chi connectivity index (χ4v) is 2.01. The van der Waals surface area contributed by atoms with Crippen LogP contribution >= 0.6 is 0 Å². The van der Waals surface area contributed by atoms with Crippen LogP contribution in [0.4, 0.5) is 0 Å². The van der Waals surface area contributed by atoms with Crippen LogP contribution in [-0.4, -0.2) is 17.1 Å². The first kappa shape index (κ1) is 13.3. The number of carbonyl (C=O) groups excluding carboxylic acids is 1. The van der Waals surface area contributed by atoms with Crippen LogP contribution in [0.15, 0.2) is 29.4 Å². The summed E-state index contributed by atoms with van der Waals surface area (Å²) in [5, 5.41) is 14.6. The summed E-state index contributed by atoms with van der Waals surface area (Å²) in [7, 11) is 0. The normalized spacial score (nSPS) is 18.4. The molecule has 0 fully saturated rings. The van der Waals surface area contributed by atoms with E-state index in [1.165, 1.54) is 0 Å². The zero-order chi connectivity index (χ0) is 14.0. The first-order chi connectivity index (χ1) is 8.93. The molecule has 0 bridgehead atoms. The predicted molar refractivity (Wildman–Crippen MR) is 73.3 cm³/mol. The Kier molecular flexibility index (Phi) is 3.39. The molecule has 19 heavy (non-hydrogen) atoms. The summed E-state index contributed by atoms with van der Waals surface area (Å²) in [4.78, 5) is 12.3. The Balaban J connectivity index is 2.25. The van der Waals surface area contributed by atoms with Gasteiger partial charge in [0, 0.05) is 18.1 Å². The Labute approximate surface area is 113 Å². The zero-order valence-electron chi connectivity index (χ0n) is 11.4. The molecule has 2 rings (SSSR count). The summed E-state index contributed by atoms with van der Waals surface area (Å²) in [6.07, 6.45) is 2.49. The maximum Gasteiger partial charge on any atom is 0.248 e. The fourth-order valence-electron chi connectivity index (χ4n) is 2.01. The van der Waals surface area contributed by atoms with Crippen molar-refractivity contribution in [3.8, 4) is 6.07 Å². The van der Waals surface area contributed by atoms with Crippen LogP contribution in [0, 0.1) is 16.7 Å². The quantitative estimate of drug-likeness (QED) is 0.774. The highest BCUT2D eigenvalue weighted by Gasteiger charge is 2.34. The first-order valence-corrected chi connectivity index (χ1v) is 6.29. The van der Waals surface area contributed by atoms with E-state index >= 15 is 0 Å². The lowest BCUT2D eigenvalue weighted by molar-refractivity contribution is -0.141. The van der Waals surface area contributed by atoms with Crippen molar-refractivity contribution in [3.63, 3.8) is 0 Å². The predicted octanol–water partition coefficient (Wildman–Crippen LogP) is 2.86. The highest BCUT2D eigenvalue weighted by Crippen LogP contribution is 2.32. The van der Waals surface area contributed by atoms with Crippen LogP contribution in [0.2, 0.25) is 0 Å². The molecule has 98 valence electrons. The third-order valence-electron chi connectivity index (χ3n) is 3.10. The largest absolute Gasteiger partial charge is 0.272 e. The summed E-state index contributed by atoms with van der Waals surface area (Å²) in [5.74, 6) is 0.00982. The average Bonchev–Trinajstić information content (AvgIpc) is 2.85. The minimum atomic E-state index is -0.452. The Morgan fingerprint density at radius 2 is 2.00 bits per heavy atom. The molecular weight excluding hydrogens is 238 g/mol. The van der Waals surface area contributed by atoms with Gasteiger partial charge in [-0.05, 0) is 17.7 Å². The molecule has 1 aromatic rings. The Morgan fingerprint density at radius 3 is 2.53 bits per heavy atom. The van der Waals surface area contributed by atoms with E-state index in [1.807, 2.05) is 32.9 Å². The monoisotopic (exact) mass is 255 g/mol. The fraction of sp³-hybridized carbons (Fsp3) is 0.400. The molecule has 1 heterocycles. The molecule has 0 radical (unpaired) electrons. The molecule has 0 saturated carbocycles. The number of carbonyl (C=O) groups is 1. The number of nitrogens with zero attached hydrogens (tertiary/aromatic N) is 3. The van der Waals surface area contributed by atoms with E-state index in [9.17, 15) is 4.79 Å². The third kappa shape index (κ3) is 2.65. The minimum absolute atomic E-state index is 0.00982. The molecule has 0 spiro atoms. The van der Waals surface area contributed by atoms with E-state index in [0.29, 0.717) is 12.0 Å². The van der Waals surface area contributed by atoms with Gasteiger partial charge in [0.25, 0.3) is 0 Å². The average molecular weight is 255 g/mol. The second-order valence-electron chi connectivity index (χ2n) is 5.68. The number of benzene rings is 1. The SMILES string of the molecule is CC(C)(C)C(=O)N1N=CCC1c1ccc(C#N)cc1. The van der Waals surface area contributed by atoms with Crippen molar-refractivity contribution in [1.82, 2.24) is 5.01 Å². The molecule has 1 aliphatic heterocycles. The van der Waals surface area contributed by atoms with Crippen molar-refractivity contribution in [2.75, 3.05) is 0 Å². The van der Waals surface area contributed by atoms with E-state index in [0.717, 1.165) is 5.56 Å². The van der Waals surface area contributed by atoms with Gasteiger partial charge in [-0.25, -0.2) is 5.01 Å². The highest BCUT2D eigenvalue weighted by atomic mass is 16.2. The summed E-state index contributed by atoms with van der Waals surface area (Å²) in [6.45, 7) is 5.66. The van der Waals surface area contributed by atoms with Crippen molar-refractivity contribution in [2.45, 2.75) is 33.2 Å². The van der Waals surface area contributed by atoms with E-state index in [4.69, 9.17) is 5.26 Å². The van der Waals surface area contributed by atoms with Crippen molar-refractivity contribution >= 4 is 12.1 Å². The minimum Gasteiger partial charge on any atom is -0.272 e. The summed E-state index contributed by atoms with van der Waals surface area (Å²) < 4.78 is 0. The van der Waals surface area contributed by atoms with Crippen LogP contribution < -0.4 is 0 Å². The lowest BCUT2D eigenvalue weighted by atomic mass is 9.93. The lowest BCUT2D eigenvalue weighted by Gasteiger charge is -2.28. The molecule has 1 aromatic carbocycles. The van der Waals surface area contributed by atoms with Crippen LogP contribution in [0.1, 0.15) is 44.4 Å². The van der Waals surface area contributed by atoms with Gasteiger partial charge in [-0.15, -0.1) is 0 Å². The molecular formula is C15H17N3O. The third-order valence-corrected chi connectivity index (χ3v) is 3.10. The number of amides is 1. The summed E-state index contributed by atoms with van der Waals surface area (Å²) in [5.41, 5.74) is 1.18. The molecule has 1 aliphatic rings. The summed E-state index contributed by atoms with van der Waals surface area (Å²) >= 11 is 0. The summed E-state index contributed by atoms with van der Waals surface area (Å²) in [6, 6.07) is 9.36. The molecule has 4 heteroatoms. The molecule has 0 N–H and O–H groups in total. The second kappa shape index (κ2) is 4.85. The Morgan fingerprint density at radius 1 is 1.37 bits per heavy atom. The van der Waals surface area contributed by atoms with Gasteiger partial charge in [0.2, 0.25) is 5.91 Å². The number of rotatable bonds is 1. The number of nitriles is 1. The molecule has 1 atom stereocenters. The van der Waals surface area contributed by atoms with Gasteiger partial charge in [0.1, 0.15) is 0 Å². The van der Waals surface area contributed by atoms with Crippen molar-refractivity contribution in [3.05, 3.63) is 35.4 Å². The van der Waals surface area contributed by atoms with Crippen molar-refractivity contribution in [2.24, 2.45) is 10.5 Å². The molecule has 4 nitrogen and oxygen atoms in total. The van der Waals surface area contributed by atoms with E-state index in [1.54, 1.807) is 23.4 Å². The Bertz CT molecular complexity index is 546.